The number of benzene rings is 2. The number of phenols is 1. The van der Waals surface area contributed by atoms with Gasteiger partial charge in [-0.3, -0.25) is 9.59 Å². The molecule has 1 atom stereocenters. The van der Waals surface area contributed by atoms with Gasteiger partial charge in [0.25, 0.3) is 0 Å². The van der Waals surface area contributed by atoms with Gasteiger partial charge in [-0.25, -0.2) is 0 Å². The highest BCUT2D eigenvalue weighted by Gasteiger charge is 2.32. The van der Waals surface area contributed by atoms with E-state index in [9.17, 15) is 14.7 Å². The molecule has 0 unspecified atom stereocenters. The lowest BCUT2D eigenvalue weighted by atomic mass is 10.2. The van der Waals surface area contributed by atoms with E-state index in [0.717, 1.165) is 11.3 Å². The molecule has 0 bridgehead atoms. The second-order valence-corrected chi connectivity index (χ2v) is 7.10. The molecule has 27 heavy (non-hydrogen) atoms. The van der Waals surface area contributed by atoms with Gasteiger partial charge >= 0.3 is 0 Å². The third-order valence-corrected chi connectivity index (χ3v) is 4.86. The maximum atomic E-state index is 12.2. The first-order valence-corrected chi connectivity index (χ1v) is 9.12. The van der Waals surface area contributed by atoms with Crippen LogP contribution in [0.4, 0.5) is 5.69 Å². The fourth-order valence-electron chi connectivity index (χ4n) is 2.42. The zero-order chi connectivity index (χ0) is 19.2. The zero-order valence-electron chi connectivity index (χ0n) is 14.5. The van der Waals surface area contributed by atoms with Gasteiger partial charge in [-0.2, -0.15) is 5.10 Å². The summed E-state index contributed by atoms with van der Waals surface area (Å²) in [6.45, 7) is 1.90. The maximum Gasteiger partial charge on any atom is 0.240 e. The van der Waals surface area contributed by atoms with Gasteiger partial charge in [0.15, 0.2) is 5.17 Å². The molecule has 1 saturated heterocycles. The number of aromatic hydroxyl groups is 1. The number of nitrogens with one attached hydrogen (secondary N) is 2. The van der Waals surface area contributed by atoms with E-state index in [1.165, 1.54) is 18.0 Å². The van der Waals surface area contributed by atoms with Gasteiger partial charge in [0.2, 0.25) is 11.8 Å². The number of carbonyl (C=O) groups excluding carboxylic acids is 2. The number of nitrogens with zero attached hydrogens (tertiary/aromatic N) is 2. The van der Waals surface area contributed by atoms with Crippen LogP contribution in [0.25, 0.3) is 0 Å². The Morgan fingerprint density at radius 2 is 2.11 bits per heavy atom. The molecule has 1 fully saturated rings. The van der Waals surface area contributed by atoms with Crippen LogP contribution in [0.2, 0.25) is 0 Å². The SMILES string of the molecule is Cc1ccccc1NC(=O)C[C@H]1S/C(=N/N=C\c2cccc(O)c2)NC1=O. The average molecular weight is 382 g/mol. The fourth-order valence-corrected chi connectivity index (χ4v) is 3.35. The predicted molar refractivity (Wildman–Crippen MR) is 107 cm³/mol. The molecule has 2 aromatic rings. The molecule has 7 nitrogen and oxygen atoms in total. The molecule has 3 rings (SSSR count). The maximum absolute atomic E-state index is 12.2. The third-order valence-electron chi connectivity index (χ3n) is 3.79. The molecule has 3 N–H and O–H groups in total. The zero-order valence-corrected chi connectivity index (χ0v) is 15.4. The van der Waals surface area contributed by atoms with Crippen molar-refractivity contribution < 1.29 is 14.7 Å². The molecule has 8 heteroatoms. The molecule has 1 heterocycles. The minimum Gasteiger partial charge on any atom is -0.508 e. The monoisotopic (exact) mass is 382 g/mol. The van der Waals surface area contributed by atoms with Gasteiger partial charge < -0.3 is 15.7 Å². The summed E-state index contributed by atoms with van der Waals surface area (Å²) in [6, 6.07) is 14.0. The number of hydrogen-bond donors (Lipinski definition) is 3. The number of anilines is 1. The van der Waals surface area contributed by atoms with E-state index >= 15 is 0 Å². The van der Waals surface area contributed by atoms with E-state index in [0.29, 0.717) is 10.7 Å². The lowest BCUT2D eigenvalue weighted by Gasteiger charge is -2.09. The van der Waals surface area contributed by atoms with Gasteiger partial charge in [0.1, 0.15) is 11.0 Å². The summed E-state index contributed by atoms with van der Waals surface area (Å²) in [4.78, 5) is 24.2. The van der Waals surface area contributed by atoms with Crippen molar-refractivity contribution in [3.63, 3.8) is 0 Å². The van der Waals surface area contributed by atoms with Crippen molar-refractivity contribution in [3.8, 4) is 5.75 Å². The number of hydrogen-bond acceptors (Lipinski definition) is 6. The number of aryl methyl sites for hydroxylation is 1. The van der Waals surface area contributed by atoms with Crippen LogP contribution in [-0.2, 0) is 9.59 Å². The van der Waals surface area contributed by atoms with Crippen molar-refractivity contribution in [2.24, 2.45) is 10.2 Å². The fraction of sp³-hybridized carbons (Fsp3) is 0.158. The first-order chi connectivity index (χ1) is 13.0. The lowest BCUT2D eigenvalue weighted by Crippen LogP contribution is -2.28. The molecule has 1 aliphatic heterocycles. The quantitative estimate of drug-likeness (QED) is 0.546. The Morgan fingerprint density at radius 1 is 1.30 bits per heavy atom. The Bertz CT molecular complexity index is 927. The van der Waals surface area contributed by atoms with E-state index < -0.39 is 5.25 Å². The molecular formula is C19H18N4O3S. The topological polar surface area (TPSA) is 103 Å². The molecule has 0 aromatic heterocycles. The van der Waals surface area contributed by atoms with E-state index in [-0.39, 0.29) is 24.0 Å². The number of phenolic OH excluding ortho intramolecular Hbond substituents is 1. The van der Waals surface area contributed by atoms with E-state index in [1.54, 1.807) is 24.3 Å². The Morgan fingerprint density at radius 3 is 2.89 bits per heavy atom. The molecule has 1 aliphatic rings. The van der Waals surface area contributed by atoms with Crippen LogP contribution in [0.5, 0.6) is 5.75 Å². The molecule has 138 valence electrons. The minimum absolute atomic E-state index is 0.0418. The molecule has 0 radical (unpaired) electrons. The normalized spacial score (nSPS) is 18.0. The van der Waals surface area contributed by atoms with Crippen LogP contribution in [0.15, 0.2) is 58.7 Å². The summed E-state index contributed by atoms with van der Waals surface area (Å²) >= 11 is 1.17. The Hall–Kier alpha value is -3.13. The van der Waals surface area contributed by atoms with Crippen LogP contribution >= 0.6 is 11.8 Å². The predicted octanol–water partition coefficient (Wildman–Crippen LogP) is 2.65. The van der Waals surface area contributed by atoms with Gasteiger partial charge in [-0.05, 0) is 36.2 Å². The standard InChI is InChI=1S/C19H18N4O3S/c1-12-5-2-3-8-15(12)21-17(25)10-16-18(26)22-19(27-16)23-20-11-13-6-4-7-14(24)9-13/h2-9,11,16,24H,10H2,1H3,(H,21,25)(H,22,23,26)/b20-11-/t16-/m1/s1. The lowest BCUT2D eigenvalue weighted by molar-refractivity contribution is -0.122. The Kier molecular flexibility index (Phi) is 5.87. The van der Waals surface area contributed by atoms with Crippen LogP contribution < -0.4 is 10.6 Å². The van der Waals surface area contributed by atoms with Gasteiger partial charge in [0.05, 0.1) is 6.21 Å². The number of rotatable bonds is 5. The van der Waals surface area contributed by atoms with Crippen molar-refractivity contribution in [1.82, 2.24) is 5.32 Å². The number of para-hydroxylation sites is 1. The summed E-state index contributed by atoms with van der Waals surface area (Å²) in [5.74, 6) is -0.373. The van der Waals surface area contributed by atoms with Gasteiger partial charge in [0, 0.05) is 12.1 Å². The highest BCUT2D eigenvalue weighted by molar-refractivity contribution is 8.15. The van der Waals surface area contributed by atoms with E-state index in [1.807, 2.05) is 31.2 Å². The highest BCUT2D eigenvalue weighted by atomic mass is 32.2. The molecular weight excluding hydrogens is 364 g/mol. The number of carbonyl (C=O) groups is 2. The van der Waals surface area contributed by atoms with Crippen LogP contribution in [0.1, 0.15) is 17.5 Å². The third kappa shape index (κ3) is 5.18. The van der Waals surface area contributed by atoms with Crippen LogP contribution in [0, 0.1) is 6.92 Å². The van der Waals surface area contributed by atoms with Crippen molar-refractivity contribution in [2.45, 2.75) is 18.6 Å². The second kappa shape index (κ2) is 8.50. The molecule has 0 saturated carbocycles. The van der Waals surface area contributed by atoms with Crippen molar-refractivity contribution >= 4 is 40.6 Å². The van der Waals surface area contributed by atoms with Gasteiger partial charge in [-0.1, -0.05) is 42.1 Å². The summed E-state index contributed by atoms with van der Waals surface area (Å²) < 4.78 is 0. The molecule has 0 aliphatic carbocycles. The van der Waals surface area contributed by atoms with Crippen molar-refractivity contribution in [2.75, 3.05) is 5.32 Å². The van der Waals surface area contributed by atoms with Crippen LogP contribution in [-0.4, -0.2) is 33.6 Å². The highest BCUT2D eigenvalue weighted by Crippen LogP contribution is 2.23. The number of amides is 2. The summed E-state index contributed by atoms with van der Waals surface area (Å²) in [7, 11) is 0. The molecule has 2 aromatic carbocycles. The first kappa shape index (κ1) is 18.7. The summed E-state index contributed by atoms with van der Waals surface area (Å²) in [5.41, 5.74) is 2.37. The summed E-state index contributed by atoms with van der Waals surface area (Å²) in [6.07, 6.45) is 1.51. The minimum atomic E-state index is -0.552. The summed E-state index contributed by atoms with van der Waals surface area (Å²) in [5, 5.41) is 22.5. The van der Waals surface area contributed by atoms with Crippen LogP contribution in [0.3, 0.4) is 0 Å². The van der Waals surface area contributed by atoms with Crippen molar-refractivity contribution in [3.05, 3.63) is 59.7 Å². The smallest absolute Gasteiger partial charge is 0.240 e. The Labute approximate surface area is 160 Å². The average Bonchev–Trinajstić information content (AvgIpc) is 2.96. The largest absolute Gasteiger partial charge is 0.508 e. The number of amidine groups is 1. The molecule has 0 spiro atoms. The van der Waals surface area contributed by atoms with E-state index in [4.69, 9.17) is 0 Å². The van der Waals surface area contributed by atoms with Gasteiger partial charge in [-0.15, -0.1) is 5.10 Å². The number of thioether (sulfide) groups is 1. The van der Waals surface area contributed by atoms with Crippen molar-refractivity contribution in [1.29, 1.82) is 0 Å². The second-order valence-electron chi connectivity index (χ2n) is 5.91. The van der Waals surface area contributed by atoms with E-state index in [2.05, 4.69) is 20.8 Å². The first-order valence-electron chi connectivity index (χ1n) is 8.24. The molecule has 2 amide bonds. The Balaban J connectivity index is 1.57.